The van der Waals surface area contributed by atoms with Crippen molar-refractivity contribution in [2.75, 3.05) is 27.4 Å². The van der Waals surface area contributed by atoms with Gasteiger partial charge in [-0.15, -0.1) is 0 Å². The Hall–Kier alpha value is -3.48. The third kappa shape index (κ3) is 10.1. The molecule has 1 aliphatic rings. The van der Waals surface area contributed by atoms with Crippen molar-refractivity contribution in [2.45, 2.75) is 104 Å². The van der Waals surface area contributed by atoms with E-state index in [0.717, 1.165) is 17.6 Å². The van der Waals surface area contributed by atoms with Crippen LogP contribution in [0.15, 0.2) is 30.6 Å². The molecule has 17 heteroatoms. The van der Waals surface area contributed by atoms with Gasteiger partial charge < -0.3 is 28.3 Å². The standard InChI is InChI=1S/C20H32BN3O5Si.C14H21N3O3Si/c1-19(2)20(3,4)29-21(28-19)14-11-15-16(18(25)26-5)23-24(17(15)22-12-14)13-27-9-10-30(6,7)8;1-19-14(18)12-11-6-5-7-15-13(11)17(16-12)10-20-8-9-21(2,3)4/h11-12H,9-10,13H2,1-8H3;5-7H,8-10H2,1-4H3. The number of esters is 2. The van der Waals surface area contributed by atoms with Crippen molar-refractivity contribution >= 4 is 62.7 Å². The van der Waals surface area contributed by atoms with Crippen molar-refractivity contribution < 1.29 is 37.8 Å². The minimum absolute atomic E-state index is 0.201. The van der Waals surface area contributed by atoms with E-state index in [9.17, 15) is 9.59 Å². The van der Waals surface area contributed by atoms with Crippen LogP contribution in [0.3, 0.4) is 0 Å². The average Bonchev–Trinajstić information content (AvgIpc) is 3.68. The van der Waals surface area contributed by atoms with Gasteiger partial charge in [-0.1, -0.05) is 39.3 Å². The van der Waals surface area contributed by atoms with Crippen LogP contribution in [0.4, 0.5) is 0 Å². The monoisotopic (exact) mass is 740 g/mol. The summed E-state index contributed by atoms with van der Waals surface area (Å²) in [6.45, 7) is 23.6. The molecule has 0 atom stereocenters. The summed E-state index contributed by atoms with van der Waals surface area (Å²) in [4.78, 5) is 32.9. The number of fused-ring (bicyclic) bond motifs is 2. The van der Waals surface area contributed by atoms with Gasteiger partial charge >= 0.3 is 19.1 Å². The summed E-state index contributed by atoms with van der Waals surface area (Å²) < 4.78 is 36.6. The van der Waals surface area contributed by atoms with Gasteiger partial charge in [0.2, 0.25) is 0 Å². The molecule has 0 radical (unpaired) electrons. The minimum Gasteiger partial charge on any atom is -0.464 e. The van der Waals surface area contributed by atoms with Crippen molar-refractivity contribution in [1.82, 2.24) is 29.5 Å². The fourth-order valence-electron chi connectivity index (χ4n) is 4.93. The average molecular weight is 741 g/mol. The number of carbonyl (C=O) groups excluding carboxylic acids is 2. The van der Waals surface area contributed by atoms with E-state index in [2.05, 4.69) is 59.4 Å². The lowest BCUT2D eigenvalue weighted by Gasteiger charge is -2.32. The predicted octanol–water partition coefficient (Wildman–Crippen LogP) is 5.36. The Morgan fingerprint density at radius 1 is 0.765 bits per heavy atom. The van der Waals surface area contributed by atoms with E-state index in [1.165, 1.54) is 14.2 Å². The van der Waals surface area contributed by atoms with E-state index in [1.54, 1.807) is 33.9 Å². The molecule has 0 spiro atoms. The van der Waals surface area contributed by atoms with Crippen molar-refractivity contribution in [3.05, 3.63) is 42.0 Å². The van der Waals surface area contributed by atoms with E-state index >= 15 is 0 Å². The van der Waals surface area contributed by atoms with Crippen LogP contribution in [0.1, 0.15) is 48.7 Å². The second kappa shape index (κ2) is 16.0. The SMILES string of the molecule is COC(=O)c1nn(COCC[Si](C)(C)C)c2ncc(B3OC(C)(C)C(C)(C)O3)cc12.COC(=O)c1nn(COCC[Si](C)(C)C)c2ncccc12. The highest BCUT2D eigenvalue weighted by molar-refractivity contribution is 6.76. The van der Waals surface area contributed by atoms with Crippen molar-refractivity contribution in [1.29, 1.82) is 0 Å². The smallest absolute Gasteiger partial charge is 0.464 e. The maximum atomic E-state index is 12.3. The zero-order chi connectivity index (χ0) is 37.8. The van der Waals surface area contributed by atoms with Gasteiger partial charge in [0, 0.05) is 47.2 Å². The van der Waals surface area contributed by atoms with E-state index in [1.807, 2.05) is 33.8 Å². The van der Waals surface area contributed by atoms with Crippen molar-refractivity contribution in [2.24, 2.45) is 0 Å². The molecule has 0 N–H and O–H groups in total. The largest absolute Gasteiger partial charge is 0.496 e. The van der Waals surface area contributed by atoms with Crippen LogP contribution in [0.2, 0.25) is 51.4 Å². The maximum Gasteiger partial charge on any atom is 0.496 e. The van der Waals surface area contributed by atoms with Gasteiger partial charge in [0.1, 0.15) is 13.5 Å². The van der Waals surface area contributed by atoms with Crippen LogP contribution in [0.5, 0.6) is 0 Å². The van der Waals surface area contributed by atoms with E-state index in [4.69, 9.17) is 28.3 Å². The van der Waals surface area contributed by atoms with Gasteiger partial charge in [0.25, 0.3) is 0 Å². The molecule has 4 aromatic heterocycles. The molecule has 0 bridgehead atoms. The molecule has 5 rings (SSSR count). The lowest BCUT2D eigenvalue weighted by atomic mass is 9.80. The minimum atomic E-state index is -1.19. The lowest BCUT2D eigenvalue weighted by Crippen LogP contribution is -2.41. The highest BCUT2D eigenvalue weighted by atomic mass is 28.3. The number of nitrogens with zero attached hydrogens (tertiary/aromatic N) is 6. The van der Waals surface area contributed by atoms with Crippen LogP contribution < -0.4 is 5.46 Å². The molecule has 14 nitrogen and oxygen atoms in total. The number of methoxy groups -OCH3 is 2. The normalized spacial score (nSPS) is 15.6. The van der Waals surface area contributed by atoms with Gasteiger partial charge in [-0.2, -0.15) is 10.2 Å². The molecule has 1 saturated heterocycles. The first kappa shape index (κ1) is 40.3. The zero-order valence-corrected chi connectivity index (χ0v) is 34.2. The van der Waals surface area contributed by atoms with Crippen LogP contribution in [-0.2, 0) is 41.7 Å². The van der Waals surface area contributed by atoms with E-state index in [0.29, 0.717) is 35.3 Å². The second-order valence-corrected chi connectivity index (χ2v) is 27.2. The summed E-state index contributed by atoms with van der Waals surface area (Å²) in [6, 6.07) is 7.55. The number of ether oxygens (including phenoxy) is 4. The Balaban J connectivity index is 0.000000244. The molecule has 0 aliphatic carbocycles. The quantitative estimate of drug-likeness (QED) is 0.0987. The van der Waals surface area contributed by atoms with Gasteiger partial charge in [0.05, 0.1) is 36.2 Å². The molecule has 4 aromatic rings. The maximum absolute atomic E-state index is 12.3. The van der Waals surface area contributed by atoms with Crippen molar-refractivity contribution in [3.8, 4) is 0 Å². The number of hydrogen-bond donors (Lipinski definition) is 0. The number of carbonyl (C=O) groups is 2. The Labute approximate surface area is 302 Å². The Morgan fingerprint density at radius 2 is 1.24 bits per heavy atom. The summed E-state index contributed by atoms with van der Waals surface area (Å²) in [5, 5.41) is 9.93. The fourth-order valence-corrected chi connectivity index (χ4v) is 6.44. The highest BCUT2D eigenvalue weighted by Crippen LogP contribution is 2.36. The predicted molar refractivity (Wildman–Crippen MR) is 202 cm³/mol. The summed E-state index contributed by atoms with van der Waals surface area (Å²) in [7, 11) is -0.196. The van der Waals surface area contributed by atoms with E-state index < -0.39 is 46.4 Å². The fraction of sp³-hybridized carbons (Fsp3) is 0.588. The Kier molecular flexibility index (Phi) is 12.7. The summed E-state index contributed by atoms with van der Waals surface area (Å²) in [6.07, 6.45) is 3.37. The first-order valence-electron chi connectivity index (χ1n) is 17.1. The first-order chi connectivity index (χ1) is 23.8. The molecule has 0 amide bonds. The van der Waals surface area contributed by atoms with Gasteiger partial charge in [-0.3, -0.25) is 0 Å². The van der Waals surface area contributed by atoms with Crippen LogP contribution in [0.25, 0.3) is 22.1 Å². The molecule has 1 aliphatic heterocycles. The molecule has 0 unspecified atom stereocenters. The van der Waals surface area contributed by atoms with Crippen LogP contribution in [0, 0.1) is 0 Å². The molecular weight excluding hydrogens is 687 g/mol. The van der Waals surface area contributed by atoms with Crippen LogP contribution >= 0.6 is 0 Å². The Bertz CT molecular complexity index is 1820. The molecule has 0 saturated carbocycles. The second-order valence-electron chi connectivity index (χ2n) is 16.0. The number of pyridine rings is 2. The molecule has 1 fully saturated rings. The molecule has 0 aromatic carbocycles. The lowest BCUT2D eigenvalue weighted by molar-refractivity contribution is 0.00578. The number of hydrogen-bond acceptors (Lipinski definition) is 12. The molecule has 5 heterocycles. The highest BCUT2D eigenvalue weighted by Gasteiger charge is 2.52. The number of aromatic nitrogens is 6. The summed E-state index contributed by atoms with van der Waals surface area (Å²) >= 11 is 0. The topological polar surface area (TPSA) is 151 Å². The molecule has 51 heavy (non-hydrogen) atoms. The summed E-state index contributed by atoms with van der Waals surface area (Å²) in [5.41, 5.74) is 1.46. The van der Waals surface area contributed by atoms with Gasteiger partial charge in [0.15, 0.2) is 22.7 Å². The van der Waals surface area contributed by atoms with Crippen LogP contribution in [-0.4, -0.2) is 103 Å². The number of rotatable bonds is 13. The summed E-state index contributed by atoms with van der Waals surface area (Å²) in [5.74, 6) is -0.984. The molecular formula is C34H53BN6O8Si2. The third-order valence-electron chi connectivity index (χ3n) is 8.82. The Morgan fingerprint density at radius 3 is 1.71 bits per heavy atom. The first-order valence-corrected chi connectivity index (χ1v) is 24.5. The van der Waals surface area contributed by atoms with Crippen molar-refractivity contribution in [3.63, 3.8) is 0 Å². The van der Waals surface area contributed by atoms with Gasteiger partial charge in [-0.25, -0.2) is 28.9 Å². The van der Waals surface area contributed by atoms with E-state index in [-0.39, 0.29) is 24.8 Å². The molecule has 278 valence electrons. The van der Waals surface area contributed by atoms with Gasteiger partial charge in [-0.05, 0) is 58.0 Å². The zero-order valence-electron chi connectivity index (χ0n) is 32.2. The third-order valence-corrected chi connectivity index (χ3v) is 12.2.